The standard InChI is InChI=1S/C18H11ClN2O5/c1-8-5-13-11(7-12(8)19)16(22)14-15(20-18(23)17(14)26-13)9-3-2-4-10(6-9)21(24)25/h2-7,15H,1H3,(H,20,23). The van der Waals surface area contributed by atoms with Gasteiger partial charge >= 0.3 is 0 Å². The van der Waals surface area contributed by atoms with E-state index in [2.05, 4.69) is 5.32 Å². The maximum Gasteiger partial charge on any atom is 0.288 e. The minimum atomic E-state index is -0.821. The topological polar surface area (TPSA) is 102 Å². The van der Waals surface area contributed by atoms with Crippen molar-refractivity contribution in [3.8, 4) is 0 Å². The van der Waals surface area contributed by atoms with E-state index in [1.807, 2.05) is 0 Å². The number of hydrogen-bond donors (Lipinski definition) is 1. The van der Waals surface area contributed by atoms with Gasteiger partial charge in [-0.05, 0) is 30.2 Å². The summed E-state index contributed by atoms with van der Waals surface area (Å²) in [6.07, 6.45) is 0. The van der Waals surface area contributed by atoms with Crippen molar-refractivity contribution < 1.29 is 14.1 Å². The fourth-order valence-electron chi connectivity index (χ4n) is 3.10. The number of amides is 1. The summed E-state index contributed by atoms with van der Waals surface area (Å²) in [5.41, 5.74) is 1.02. The lowest BCUT2D eigenvalue weighted by molar-refractivity contribution is -0.384. The molecular formula is C18H11ClN2O5. The molecule has 2 aromatic carbocycles. The van der Waals surface area contributed by atoms with Gasteiger partial charge in [-0.15, -0.1) is 0 Å². The number of halogens is 1. The number of carbonyl (C=O) groups excluding carboxylic acids is 1. The van der Waals surface area contributed by atoms with E-state index >= 15 is 0 Å². The van der Waals surface area contributed by atoms with Crippen LogP contribution in [-0.4, -0.2) is 10.8 Å². The number of nitro benzene ring substituents is 1. The fraction of sp³-hybridized carbons (Fsp3) is 0.111. The van der Waals surface area contributed by atoms with Gasteiger partial charge in [0, 0.05) is 17.2 Å². The molecule has 0 bridgehead atoms. The first-order valence-electron chi connectivity index (χ1n) is 7.69. The van der Waals surface area contributed by atoms with Crippen LogP contribution < -0.4 is 10.7 Å². The smallest absolute Gasteiger partial charge is 0.288 e. The van der Waals surface area contributed by atoms with Crippen molar-refractivity contribution in [2.24, 2.45) is 0 Å². The van der Waals surface area contributed by atoms with Gasteiger partial charge in [0.15, 0.2) is 5.43 Å². The molecule has 3 aromatic rings. The van der Waals surface area contributed by atoms with Gasteiger partial charge in [-0.1, -0.05) is 23.7 Å². The molecule has 4 rings (SSSR count). The van der Waals surface area contributed by atoms with Crippen molar-refractivity contribution in [3.63, 3.8) is 0 Å². The van der Waals surface area contributed by atoms with Crippen molar-refractivity contribution in [1.29, 1.82) is 0 Å². The van der Waals surface area contributed by atoms with Crippen LogP contribution in [0.4, 0.5) is 5.69 Å². The monoisotopic (exact) mass is 370 g/mol. The van der Waals surface area contributed by atoms with Crippen LogP contribution in [0, 0.1) is 17.0 Å². The number of nitrogens with one attached hydrogen (secondary N) is 1. The lowest BCUT2D eigenvalue weighted by Crippen LogP contribution is -2.22. The molecular weight excluding hydrogens is 360 g/mol. The third-order valence-electron chi connectivity index (χ3n) is 4.39. The summed E-state index contributed by atoms with van der Waals surface area (Å²) in [5.74, 6) is -0.621. The van der Waals surface area contributed by atoms with Gasteiger partial charge in [0.05, 0.1) is 21.9 Å². The molecule has 7 nitrogen and oxygen atoms in total. The van der Waals surface area contributed by atoms with E-state index in [0.717, 1.165) is 5.56 Å². The molecule has 1 aromatic heterocycles. The summed E-state index contributed by atoms with van der Waals surface area (Å²) in [5, 5.41) is 14.3. The molecule has 0 fully saturated rings. The summed E-state index contributed by atoms with van der Waals surface area (Å²) in [4.78, 5) is 35.8. The summed E-state index contributed by atoms with van der Waals surface area (Å²) in [6, 6.07) is 8.06. The predicted molar refractivity (Wildman–Crippen MR) is 94.6 cm³/mol. The van der Waals surface area contributed by atoms with Gasteiger partial charge in [0.2, 0.25) is 5.76 Å². The van der Waals surface area contributed by atoms with Crippen LogP contribution in [0.3, 0.4) is 0 Å². The summed E-state index contributed by atoms with van der Waals surface area (Å²) in [6.45, 7) is 1.76. The second-order valence-electron chi connectivity index (χ2n) is 6.03. The van der Waals surface area contributed by atoms with Gasteiger partial charge in [0.1, 0.15) is 5.58 Å². The van der Waals surface area contributed by atoms with Crippen LogP contribution in [0.2, 0.25) is 5.02 Å². The first kappa shape index (κ1) is 16.3. The zero-order chi connectivity index (χ0) is 18.6. The van der Waals surface area contributed by atoms with Crippen LogP contribution in [0.5, 0.6) is 0 Å². The molecule has 1 unspecified atom stereocenters. The molecule has 0 spiro atoms. The lowest BCUT2D eigenvalue weighted by atomic mass is 9.98. The Bertz CT molecular complexity index is 1170. The van der Waals surface area contributed by atoms with E-state index < -0.39 is 22.3 Å². The first-order chi connectivity index (χ1) is 12.4. The Morgan fingerprint density at radius 3 is 2.73 bits per heavy atom. The molecule has 1 aliphatic rings. The Balaban J connectivity index is 1.97. The largest absolute Gasteiger partial charge is 0.450 e. The molecule has 1 aliphatic heterocycles. The Kier molecular flexibility index (Phi) is 3.55. The van der Waals surface area contributed by atoms with Gasteiger partial charge in [-0.3, -0.25) is 19.7 Å². The molecule has 8 heteroatoms. The second kappa shape index (κ2) is 5.67. The number of nitro groups is 1. The summed E-state index contributed by atoms with van der Waals surface area (Å²) < 4.78 is 5.66. The van der Waals surface area contributed by atoms with Gasteiger partial charge in [-0.25, -0.2) is 0 Å². The van der Waals surface area contributed by atoms with Crippen LogP contribution in [-0.2, 0) is 0 Å². The molecule has 1 amide bonds. The van der Waals surface area contributed by atoms with Crippen molar-refractivity contribution >= 4 is 34.2 Å². The third-order valence-corrected chi connectivity index (χ3v) is 4.80. The van der Waals surface area contributed by atoms with Gasteiger partial charge < -0.3 is 9.73 Å². The van der Waals surface area contributed by atoms with Crippen LogP contribution in [0.25, 0.3) is 11.0 Å². The average molecular weight is 371 g/mol. The zero-order valence-corrected chi connectivity index (χ0v) is 14.2. The van der Waals surface area contributed by atoms with Crippen molar-refractivity contribution in [2.75, 3.05) is 0 Å². The van der Waals surface area contributed by atoms with Crippen molar-refractivity contribution in [2.45, 2.75) is 13.0 Å². The number of rotatable bonds is 2. The minimum absolute atomic E-state index is 0.0827. The number of nitrogens with zero attached hydrogens (tertiary/aromatic N) is 1. The lowest BCUT2D eigenvalue weighted by Gasteiger charge is -2.11. The molecule has 0 aliphatic carbocycles. The highest BCUT2D eigenvalue weighted by Crippen LogP contribution is 2.33. The third kappa shape index (κ3) is 2.36. The quantitative estimate of drug-likeness (QED) is 0.549. The first-order valence-corrected chi connectivity index (χ1v) is 8.06. The van der Waals surface area contributed by atoms with Gasteiger partial charge in [0.25, 0.3) is 11.6 Å². The second-order valence-corrected chi connectivity index (χ2v) is 6.44. The molecule has 1 atom stereocenters. The van der Waals surface area contributed by atoms with Gasteiger partial charge in [-0.2, -0.15) is 0 Å². The molecule has 0 saturated carbocycles. The van der Waals surface area contributed by atoms with E-state index in [9.17, 15) is 19.7 Å². The average Bonchev–Trinajstić information content (AvgIpc) is 2.94. The number of aryl methyl sites for hydroxylation is 1. The highest BCUT2D eigenvalue weighted by molar-refractivity contribution is 6.32. The fourth-order valence-corrected chi connectivity index (χ4v) is 3.26. The van der Waals surface area contributed by atoms with Crippen molar-refractivity contribution in [3.05, 3.63) is 84.2 Å². The normalized spacial score (nSPS) is 15.8. The van der Waals surface area contributed by atoms with E-state index in [0.29, 0.717) is 10.6 Å². The summed E-state index contributed by atoms with van der Waals surface area (Å²) >= 11 is 6.11. The Morgan fingerprint density at radius 1 is 1.23 bits per heavy atom. The predicted octanol–water partition coefficient (Wildman–Crippen LogP) is 3.50. The number of benzene rings is 2. The highest BCUT2D eigenvalue weighted by atomic mass is 35.5. The molecule has 0 saturated heterocycles. The minimum Gasteiger partial charge on any atom is -0.450 e. The van der Waals surface area contributed by atoms with Crippen molar-refractivity contribution in [1.82, 2.24) is 5.32 Å². The van der Waals surface area contributed by atoms with Crippen LogP contribution >= 0.6 is 11.6 Å². The molecule has 26 heavy (non-hydrogen) atoms. The molecule has 0 radical (unpaired) electrons. The maximum absolute atomic E-state index is 13.0. The zero-order valence-electron chi connectivity index (χ0n) is 13.4. The molecule has 1 N–H and O–H groups in total. The van der Waals surface area contributed by atoms with E-state index in [4.69, 9.17) is 16.0 Å². The van der Waals surface area contributed by atoms with Crippen LogP contribution in [0.15, 0.2) is 45.6 Å². The summed E-state index contributed by atoms with van der Waals surface area (Å²) in [7, 11) is 0. The van der Waals surface area contributed by atoms with E-state index in [1.54, 1.807) is 19.1 Å². The number of hydrogen-bond acceptors (Lipinski definition) is 5. The molecule has 130 valence electrons. The van der Waals surface area contributed by atoms with Crippen LogP contribution in [0.1, 0.15) is 33.3 Å². The number of fused-ring (bicyclic) bond motifs is 2. The molecule has 2 heterocycles. The number of carbonyl (C=O) groups is 1. The maximum atomic E-state index is 13.0. The SMILES string of the molecule is Cc1cc2oc3c(c(=O)c2cc1Cl)C(c1cccc([N+](=O)[O-])c1)NC3=O. The Morgan fingerprint density at radius 2 is 2.00 bits per heavy atom. The highest BCUT2D eigenvalue weighted by Gasteiger charge is 2.36. The van der Waals surface area contributed by atoms with E-state index in [-0.39, 0.29) is 28.0 Å². The Labute approximate surface area is 151 Å². The Hall–Kier alpha value is -3.19. The van der Waals surface area contributed by atoms with E-state index in [1.165, 1.54) is 24.3 Å². The number of non-ortho nitro benzene ring substituents is 1.